The van der Waals surface area contributed by atoms with Crippen LogP contribution >= 0.6 is 0 Å². The minimum Gasteiger partial charge on any atom is -0.495 e. The summed E-state index contributed by atoms with van der Waals surface area (Å²) in [5.74, 6) is -0.537. The van der Waals surface area contributed by atoms with E-state index in [1.165, 1.54) is 31.4 Å². The van der Waals surface area contributed by atoms with Crippen molar-refractivity contribution in [2.75, 3.05) is 34.3 Å². The van der Waals surface area contributed by atoms with Gasteiger partial charge in [0.1, 0.15) is 12.3 Å². The lowest BCUT2D eigenvalue weighted by Gasteiger charge is -2.23. The second-order valence-corrected chi connectivity index (χ2v) is 11.8. The number of rotatable bonds is 9. The molecule has 0 unspecified atom stereocenters. The summed E-state index contributed by atoms with van der Waals surface area (Å²) < 4.78 is 97.5. The Morgan fingerprint density at radius 3 is 2.21 bits per heavy atom. The number of methoxy groups -OCH3 is 1. The fourth-order valence-electron chi connectivity index (χ4n) is 3.39. The van der Waals surface area contributed by atoms with E-state index in [-0.39, 0.29) is 22.0 Å². The van der Waals surface area contributed by atoms with Gasteiger partial charge in [0.05, 0.1) is 35.2 Å². The lowest BCUT2D eigenvalue weighted by atomic mass is 10.2. The summed E-state index contributed by atoms with van der Waals surface area (Å²) in [6.07, 6.45) is -3.95. The predicted octanol–water partition coefficient (Wildman–Crippen LogP) is 4.23. The molecule has 3 rings (SSSR count). The second-order valence-electron chi connectivity index (χ2n) is 8.20. The van der Waals surface area contributed by atoms with Crippen molar-refractivity contribution in [3.63, 3.8) is 0 Å². The Morgan fingerprint density at radius 2 is 1.63 bits per heavy atom. The largest absolute Gasteiger partial charge is 0.495 e. The zero-order chi connectivity index (χ0) is 28.3. The monoisotopic (exact) mass is 571 g/mol. The molecule has 0 fully saturated rings. The molecule has 14 heteroatoms. The highest BCUT2D eigenvalue weighted by Crippen LogP contribution is 2.32. The Labute approximate surface area is 218 Å². The minimum atomic E-state index is -4.71. The normalized spacial score (nSPS) is 12.1. The van der Waals surface area contributed by atoms with Crippen molar-refractivity contribution in [2.24, 2.45) is 0 Å². The van der Waals surface area contributed by atoms with Crippen molar-refractivity contribution in [1.82, 2.24) is 0 Å². The summed E-state index contributed by atoms with van der Waals surface area (Å²) in [4.78, 5) is 12.4. The van der Waals surface area contributed by atoms with Crippen molar-refractivity contribution in [3.05, 3.63) is 77.9 Å². The van der Waals surface area contributed by atoms with E-state index in [9.17, 15) is 34.8 Å². The number of hydrogen-bond donors (Lipinski definition) is 2. The van der Waals surface area contributed by atoms with Crippen LogP contribution in [0.15, 0.2) is 71.6 Å². The van der Waals surface area contributed by atoms with Gasteiger partial charge >= 0.3 is 6.18 Å². The summed E-state index contributed by atoms with van der Waals surface area (Å²) in [7, 11) is -6.74. The Morgan fingerprint density at radius 1 is 0.974 bits per heavy atom. The maximum atomic E-state index is 13.1. The average molecular weight is 572 g/mol. The van der Waals surface area contributed by atoms with Gasteiger partial charge in [0, 0.05) is 5.69 Å². The standard InChI is InChI=1S/C24H24F3N3O6S2/c1-16-7-12-22(36-2)21(13-16)29-38(34,35)20-10-8-18(9-11-20)28-23(31)15-30(37(3,32)33)19-6-4-5-17(14-19)24(25,26)27/h4-14,29H,15H2,1-3H3,(H,28,31). The van der Waals surface area contributed by atoms with Gasteiger partial charge < -0.3 is 10.1 Å². The third-order valence-electron chi connectivity index (χ3n) is 5.20. The number of anilines is 3. The number of sulfonamides is 2. The first-order chi connectivity index (χ1) is 17.6. The van der Waals surface area contributed by atoms with E-state index in [0.717, 1.165) is 30.0 Å². The Kier molecular flexibility index (Phi) is 8.27. The molecule has 0 bridgehead atoms. The molecule has 0 atom stereocenters. The van der Waals surface area contributed by atoms with Gasteiger partial charge in [0.25, 0.3) is 10.0 Å². The molecule has 1 amide bonds. The summed E-state index contributed by atoms with van der Waals surface area (Å²) in [6.45, 7) is 0.974. The Hall–Kier alpha value is -3.78. The maximum Gasteiger partial charge on any atom is 0.416 e. The highest BCUT2D eigenvalue weighted by Gasteiger charge is 2.32. The van der Waals surface area contributed by atoms with Crippen LogP contribution in [0.2, 0.25) is 0 Å². The molecule has 3 aromatic carbocycles. The summed E-state index contributed by atoms with van der Waals surface area (Å²) in [5, 5.41) is 2.41. The fourth-order valence-corrected chi connectivity index (χ4v) is 5.30. The van der Waals surface area contributed by atoms with Crippen LogP contribution in [0.3, 0.4) is 0 Å². The van der Waals surface area contributed by atoms with Crippen LogP contribution in [0.4, 0.5) is 30.2 Å². The van der Waals surface area contributed by atoms with E-state index in [1.54, 1.807) is 25.1 Å². The Balaban J connectivity index is 1.76. The molecule has 0 radical (unpaired) electrons. The molecule has 2 N–H and O–H groups in total. The van der Waals surface area contributed by atoms with Gasteiger partial charge in [-0.15, -0.1) is 0 Å². The first-order valence-electron chi connectivity index (χ1n) is 10.8. The number of halogens is 3. The number of nitrogens with one attached hydrogen (secondary N) is 2. The van der Waals surface area contributed by atoms with Crippen LogP contribution in [-0.4, -0.2) is 42.7 Å². The van der Waals surface area contributed by atoms with Crippen LogP contribution in [0.1, 0.15) is 11.1 Å². The number of aryl methyl sites for hydroxylation is 1. The molecule has 0 aliphatic heterocycles. The third-order valence-corrected chi connectivity index (χ3v) is 7.72. The zero-order valence-corrected chi connectivity index (χ0v) is 22.0. The number of nitrogens with zero attached hydrogens (tertiary/aromatic N) is 1. The van der Waals surface area contributed by atoms with Crippen LogP contribution in [-0.2, 0) is 31.0 Å². The van der Waals surface area contributed by atoms with Gasteiger partial charge in [-0.25, -0.2) is 16.8 Å². The van der Waals surface area contributed by atoms with Gasteiger partial charge in [-0.05, 0) is 67.1 Å². The van der Waals surface area contributed by atoms with Crippen LogP contribution < -0.4 is 19.1 Å². The number of hydrogen-bond acceptors (Lipinski definition) is 6. The smallest absolute Gasteiger partial charge is 0.416 e. The van der Waals surface area contributed by atoms with E-state index in [1.807, 2.05) is 0 Å². The molecule has 0 aliphatic rings. The van der Waals surface area contributed by atoms with E-state index >= 15 is 0 Å². The van der Waals surface area contributed by atoms with Crippen LogP contribution in [0.5, 0.6) is 5.75 Å². The number of carbonyl (C=O) groups excluding carboxylic acids is 1. The quantitative estimate of drug-likeness (QED) is 0.397. The molecule has 9 nitrogen and oxygen atoms in total. The number of ether oxygens (including phenoxy) is 1. The van der Waals surface area contributed by atoms with Gasteiger partial charge in [0.2, 0.25) is 15.9 Å². The van der Waals surface area contributed by atoms with Crippen LogP contribution in [0.25, 0.3) is 0 Å². The molecule has 204 valence electrons. The molecule has 0 aliphatic carbocycles. The van der Waals surface area contributed by atoms with Crippen molar-refractivity contribution in [1.29, 1.82) is 0 Å². The van der Waals surface area contributed by atoms with Crippen molar-refractivity contribution < 1.29 is 39.5 Å². The molecular formula is C24H24F3N3O6S2. The first-order valence-corrected chi connectivity index (χ1v) is 14.2. The van der Waals surface area contributed by atoms with E-state index in [4.69, 9.17) is 4.74 Å². The highest BCUT2D eigenvalue weighted by atomic mass is 32.2. The molecule has 0 saturated heterocycles. The van der Waals surface area contributed by atoms with Gasteiger partial charge in [-0.2, -0.15) is 13.2 Å². The molecule has 0 spiro atoms. The molecule has 38 heavy (non-hydrogen) atoms. The summed E-state index contributed by atoms with van der Waals surface area (Å²) in [6, 6.07) is 13.6. The zero-order valence-electron chi connectivity index (χ0n) is 20.4. The van der Waals surface area contributed by atoms with Gasteiger partial charge in [-0.3, -0.25) is 13.8 Å². The lowest BCUT2D eigenvalue weighted by molar-refractivity contribution is -0.137. The summed E-state index contributed by atoms with van der Waals surface area (Å²) in [5.41, 5.74) is -0.232. The number of carbonyl (C=O) groups is 1. The molecule has 0 aromatic heterocycles. The minimum absolute atomic E-state index is 0.124. The SMILES string of the molecule is COc1ccc(C)cc1NS(=O)(=O)c1ccc(NC(=O)CN(c2cccc(C(F)(F)F)c2)S(C)(=O)=O)cc1. The molecule has 3 aromatic rings. The summed E-state index contributed by atoms with van der Waals surface area (Å²) >= 11 is 0. The number of amides is 1. The molecule has 0 saturated carbocycles. The first kappa shape index (κ1) is 28.8. The lowest BCUT2D eigenvalue weighted by Crippen LogP contribution is -2.37. The van der Waals surface area contributed by atoms with Gasteiger partial charge in [0.15, 0.2) is 0 Å². The van der Waals surface area contributed by atoms with E-state index < -0.39 is 44.2 Å². The van der Waals surface area contributed by atoms with Crippen molar-refractivity contribution >= 4 is 43.0 Å². The number of alkyl halides is 3. The van der Waals surface area contributed by atoms with E-state index in [2.05, 4.69) is 10.0 Å². The predicted molar refractivity (Wildman–Crippen MR) is 137 cm³/mol. The maximum absolute atomic E-state index is 13.1. The van der Waals surface area contributed by atoms with Crippen molar-refractivity contribution in [2.45, 2.75) is 18.0 Å². The fraction of sp³-hybridized carbons (Fsp3) is 0.208. The van der Waals surface area contributed by atoms with Gasteiger partial charge in [-0.1, -0.05) is 12.1 Å². The average Bonchev–Trinajstić information content (AvgIpc) is 2.81. The van der Waals surface area contributed by atoms with Crippen molar-refractivity contribution in [3.8, 4) is 5.75 Å². The second kappa shape index (κ2) is 10.9. The Bertz CT molecular complexity index is 1540. The van der Waals surface area contributed by atoms with E-state index in [0.29, 0.717) is 16.1 Å². The molecule has 0 heterocycles. The van der Waals surface area contributed by atoms with Crippen LogP contribution in [0, 0.1) is 6.92 Å². The highest BCUT2D eigenvalue weighted by molar-refractivity contribution is 7.92. The number of benzene rings is 3. The topological polar surface area (TPSA) is 122 Å². The third kappa shape index (κ3) is 7.16. The molecular weight excluding hydrogens is 547 g/mol.